The van der Waals surface area contributed by atoms with Crippen LogP contribution in [0.4, 0.5) is 16.3 Å². The largest absolute Gasteiger partial charge is 0.497 e. The molecule has 0 spiro atoms. The number of nitrogens with zero attached hydrogens (tertiary/aromatic N) is 5. The minimum absolute atomic E-state index is 0.204. The number of ether oxygens (including phenoxy) is 2. The summed E-state index contributed by atoms with van der Waals surface area (Å²) in [5, 5.41) is 2.88. The molecule has 0 unspecified atom stereocenters. The number of urea groups is 1. The predicted octanol–water partition coefficient (Wildman–Crippen LogP) is 1.70. The third kappa shape index (κ3) is 3.96. The summed E-state index contributed by atoms with van der Waals surface area (Å²) in [6, 6.07) is 8.59. The number of hydrogen-bond acceptors (Lipinski definition) is 7. The quantitative estimate of drug-likeness (QED) is 0.680. The number of aromatic nitrogens is 3. The number of hydrogen-bond donors (Lipinski definition) is 1. The Morgan fingerprint density at radius 3 is 2.58 bits per heavy atom. The van der Waals surface area contributed by atoms with Crippen LogP contribution in [-0.4, -0.2) is 65.9 Å². The summed E-state index contributed by atoms with van der Waals surface area (Å²) in [6.45, 7) is 1.90. The van der Waals surface area contributed by atoms with E-state index in [1.165, 1.54) is 4.57 Å². The van der Waals surface area contributed by atoms with Gasteiger partial charge in [-0.2, -0.15) is 0 Å². The maximum atomic E-state index is 12.8. The number of nitrogens with one attached hydrogen (secondary N) is 1. The molecule has 1 aliphatic heterocycles. The third-order valence-corrected chi connectivity index (χ3v) is 5.32. The molecule has 10 heteroatoms. The molecule has 3 aromatic rings. The monoisotopic (exact) mass is 424 g/mol. The Kier molecular flexibility index (Phi) is 5.61. The van der Waals surface area contributed by atoms with E-state index in [9.17, 15) is 9.59 Å². The number of carbonyl (C=O) groups is 1. The molecule has 0 saturated carbocycles. The average Bonchev–Trinajstić information content (AvgIpc) is 2.81. The molecule has 0 atom stereocenters. The lowest BCUT2D eigenvalue weighted by atomic mass is 10.2. The van der Waals surface area contributed by atoms with E-state index >= 15 is 0 Å². The van der Waals surface area contributed by atoms with Crippen LogP contribution in [0.1, 0.15) is 0 Å². The highest BCUT2D eigenvalue weighted by Crippen LogP contribution is 2.29. The van der Waals surface area contributed by atoms with E-state index in [4.69, 9.17) is 9.47 Å². The van der Waals surface area contributed by atoms with Crippen molar-refractivity contribution >= 4 is 28.7 Å². The van der Waals surface area contributed by atoms with Gasteiger partial charge in [0.05, 0.1) is 19.9 Å². The summed E-state index contributed by atoms with van der Waals surface area (Å²) in [6.07, 6.45) is 1.64. The molecule has 2 amide bonds. The van der Waals surface area contributed by atoms with E-state index < -0.39 is 0 Å². The molecule has 2 aromatic heterocycles. The molecule has 4 rings (SSSR count). The van der Waals surface area contributed by atoms with Crippen LogP contribution in [0, 0.1) is 0 Å². The topological polar surface area (TPSA) is 102 Å². The zero-order valence-corrected chi connectivity index (χ0v) is 17.7. The van der Waals surface area contributed by atoms with Gasteiger partial charge in [-0.3, -0.25) is 9.36 Å². The number of amides is 2. The van der Waals surface area contributed by atoms with Gasteiger partial charge < -0.3 is 24.6 Å². The van der Waals surface area contributed by atoms with Crippen LogP contribution in [0.3, 0.4) is 0 Å². The fourth-order valence-corrected chi connectivity index (χ4v) is 3.58. The third-order valence-electron chi connectivity index (χ3n) is 5.32. The van der Waals surface area contributed by atoms with Crippen molar-refractivity contribution in [3.63, 3.8) is 0 Å². The van der Waals surface area contributed by atoms with Gasteiger partial charge in [-0.05, 0) is 24.3 Å². The Morgan fingerprint density at radius 2 is 1.87 bits per heavy atom. The molecule has 1 saturated heterocycles. The molecular formula is C21H24N6O4. The van der Waals surface area contributed by atoms with Gasteiger partial charge >= 0.3 is 6.03 Å². The van der Waals surface area contributed by atoms with E-state index in [2.05, 4.69) is 15.3 Å². The van der Waals surface area contributed by atoms with Crippen LogP contribution < -0.4 is 25.2 Å². The standard InChI is InChI=1S/C21H24N6O4/c1-25-18-15(5-4-8-22-18)23-19(20(25)28)26-9-11-27(12-10-26)21(29)24-16-13-14(30-2)6-7-17(16)31-3/h4-8,13H,9-12H2,1-3H3,(H,24,29). The molecule has 3 heterocycles. The van der Waals surface area contributed by atoms with E-state index in [0.717, 1.165) is 0 Å². The lowest BCUT2D eigenvalue weighted by Gasteiger charge is -2.35. The molecule has 162 valence electrons. The van der Waals surface area contributed by atoms with Crippen LogP contribution in [0.15, 0.2) is 41.3 Å². The van der Waals surface area contributed by atoms with Crippen LogP contribution in [0.25, 0.3) is 11.2 Å². The summed E-state index contributed by atoms with van der Waals surface area (Å²) in [4.78, 5) is 37.9. The van der Waals surface area contributed by atoms with Crippen molar-refractivity contribution in [2.24, 2.45) is 7.05 Å². The molecule has 0 bridgehead atoms. The minimum Gasteiger partial charge on any atom is -0.497 e. The summed E-state index contributed by atoms with van der Waals surface area (Å²) >= 11 is 0. The van der Waals surface area contributed by atoms with Crippen LogP contribution in [0.5, 0.6) is 11.5 Å². The highest BCUT2D eigenvalue weighted by atomic mass is 16.5. The van der Waals surface area contributed by atoms with Crippen molar-refractivity contribution in [1.29, 1.82) is 0 Å². The number of aryl methyl sites for hydroxylation is 1. The molecule has 31 heavy (non-hydrogen) atoms. The second-order valence-electron chi connectivity index (χ2n) is 7.12. The fourth-order valence-electron chi connectivity index (χ4n) is 3.58. The molecule has 0 radical (unpaired) electrons. The Labute approximate surface area is 179 Å². The normalized spacial score (nSPS) is 13.9. The zero-order chi connectivity index (χ0) is 22.0. The second-order valence-corrected chi connectivity index (χ2v) is 7.12. The van der Waals surface area contributed by atoms with Crippen molar-refractivity contribution in [1.82, 2.24) is 19.4 Å². The van der Waals surface area contributed by atoms with Gasteiger partial charge in [0.2, 0.25) is 0 Å². The van der Waals surface area contributed by atoms with Crippen LogP contribution in [-0.2, 0) is 7.05 Å². The number of methoxy groups -OCH3 is 2. The lowest BCUT2D eigenvalue weighted by molar-refractivity contribution is 0.208. The summed E-state index contributed by atoms with van der Waals surface area (Å²) in [5.41, 5.74) is 1.53. The molecule has 1 aliphatic rings. The molecular weight excluding hydrogens is 400 g/mol. The average molecular weight is 424 g/mol. The van der Waals surface area contributed by atoms with Gasteiger partial charge in [-0.25, -0.2) is 14.8 Å². The zero-order valence-electron chi connectivity index (χ0n) is 17.7. The summed E-state index contributed by atoms with van der Waals surface area (Å²) in [7, 11) is 4.80. The first-order valence-corrected chi connectivity index (χ1v) is 9.86. The number of benzene rings is 1. The maximum absolute atomic E-state index is 12.8. The molecule has 1 fully saturated rings. The Morgan fingerprint density at radius 1 is 1.10 bits per heavy atom. The van der Waals surface area contributed by atoms with Gasteiger partial charge in [0.1, 0.15) is 17.0 Å². The van der Waals surface area contributed by atoms with Crippen LogP contribution >= 0.6 is 0 Å². The van der Waals surface area contributed by atoms with E-state index in [1.807, 2.05) is 11.0 Å². The Hall–Kier alpha value is -3.82. The van der Waals surface area contributed by atoms with Gasteiger partial charge in [0.15, 0.2) is 11.5 Å². The predicted molar refractivity (Wildman–Crippen MR) is 117 cm³/mol. The summed E-state index contributed by atoms with van der Waals surface area (Å²) < 4.78 is 12.1. The van der Waals surface area contributed by atoms with Crippen molar-refractivity contribution in [2.45, 2.75) is 0 Å². The highest BCUT2D eigenvalue weighted by Gasteiger charge is 2.25. The van der Waals surface area contributed by atoms with Gasteiger partial charge in [-0.15, -0.1) is 0 Å². The van der Waals surface area contributed by atoms with Crippen molar-refractivity contribution in [3.05, 3.63) is 46.9 Å². The highest BCUT2D eigenvalue weighted by molar-refractivity contribution is 5.91. The van der Waals surface area contributed by atoms with E-state index in [0.29, 0.717) is 60.3 Å². The summed E-state index contributed by atoms with van der Waals surface area (Å²) in [5.74, 6) is 1.54. The fraction of sp³-hybridized carbons (Fsp3) is 0.333. The number of rotatable bonds is 4. The Bertz CT molecular complexity index is 1170. The smallest absolute Gasteiger partial charge is 0.322 e. The number of pyridine rings is 1. The van der Waals surface area contributed by atoms with Crippen LogP contribution in [0.2, 0.25) is 0 Å². The van der Waals surface area contributed by atoms with E-state index in [1.54, 1.807) is 56.6 Å². The van der Waals surface area contributed by atoms with Crippen molar-refractivity contribution < 1.29 is 14.3 Å². The number of anilines is 2. The SMILES string of the molecule is COc1ccc(OC)c(NC(=O)N2CCN(c3nc4cccnc4n(C)c3=O)CC2)c1. The second kappa shape index (κ2) is 8.50. The van der Waals surface area contributed by atoms with Gasteiger partial charge in [-0.1, -0.05) is 0 Å². The lowest BCUT2D eigenvalue weighted by Crippen LogP contribution is -2.51. The Balaban J connectivity index is 1.47. The van der Waals surface area contributed by atoms with E-state index in [-0.39, 0.29) is 11.6 Å². The number of fused-ring (bicyclic) bond motifs is 1. The first kappa shape index (κ1) is 20.5. The minimum atomic E-state index is -0.241. The first-order chi connectivity index (χ1) is 15.0. The van der Waals surface area contributed by atoms with Gasteiger partial charge in [0.25, 0.3) is 5.56 Å². The number of piperazine rings is 1. The first-order valence-electron chi connectivity index (χ1n) is 9.86. The molecule has 1 N–H and O–H groups in total. The molecule has 10 nitrogen and oxygen atoms in total. The number of carbonyl (C=O) groups excluding carboxylic acids is 1. The molecule has 1 aromatic carbocycles. The van der Waals surface area contributed by atoms with Gasteiger partial charge in [0, 0.05) is 45.5 Å². The molecule has 0 aliphatic carbocycles. The maximum Gasteiger partial charge on any atom is 0.322 e. The van der Waals surface area contributed by atoms with Crippen molar-refractivity contribution in [3.8, 4) is 11.5 Å². The van der Waals surface area contributed by atoms with Crippen molar-refractivity contribution in [2.75, 3.05) is 50.6 Å².